The lowest BCUT2D eigenvalue weighted by molar-refractivity contribution is 0.0359. The fourth-order valence-electron chi connectivity index (χ4n) is 4.12. The van der Waals surface area contributed by atoms with Gasteiger partial charge in [-0.1, -0.05) is 12.1 Å². The van der Waals surface area contributed by atoms with Crippen molar-refractivity contribution in [3.63, 3.8) is 0 Å². The molecule has 0 atom stereocenters. The molecule has 1 fully saturated rings. The molecule has 1 saturated heterocycles. The van der Waals surface area contributed by atoms with Gasteiger partial charge < -0.3 is 9.47 Å². The Labute approximate surface area is 173 Å². The highest BCUT2D eigenvalue weighted by atomic mass is 32.1. The predicted molar refractivity (Wildman–Crippen MR) is 115 cm³/mol. The highest BCUT2D eigenvalue weighted by Crippen LogP contribution is 2.26. The van der Waals surface area contributed by atoms with E-state index < -0.39 is 0 Å². The number of aryl methyl sites for hydroxylation is 2. The molecule has 0 radical (unpaired) electrons. The summed E-state index contributed by atoms with van der Waals surface area (Å²) >= 11 is 1.92. The molecule has 0 saturated carbocycles. The van der Waals surface area contributed by atoms with Crippen LogP contribution in [-0.2, 0) is 24.2 Å². The van der Waals surface area contributed by atoms with Crippen LogP contribution in [0.4, 0.5) is 0 Å². The Bertz CT molecular complexity index is 755. The number of thiophene rings is 1. The Morgan fingerprint density at radius 3 is 2.79 bits per heavy atom. The van der Waals surface area contributed by atoms with Gasteiger partial charge in [-0.25, -0.2) is 0 Å². The Hall–Kier alpha value is -1.40. The van der Waals surface area contributed by atoms with E-state index in [1.54, 1.807) is 0 Å². The molecule has 1 aromatic carbocycles. The van der Waals surface area contributed by atoms with Crippen LogP contribution in [0, 0.1) is 6.92 Å². The molecule has 0 N–H and O–H groups in total. The van der Waals surface area contributed by atoms with Crippen molar-refractivity contribution < 1.29 is 9.47 Å². The van der Waals surface area contributed by atoms with E-state index in [1.165, 1.54) is 33.8 Å². The number of hydrogen-bond acceptors (Lipinski definition) is 5. The summed E-state index contributed by atoms with van der Waals surface area (Å²) in [6, 6.07) is 11.3. The lowest BCUT2D eigenvalue weighted by Crippen LogP contribution is -2.38. The summed E-state index contributed by atoms with van der Waals surface area (Å²) in [6.07, 6.45) is 3.48. The van der Waals surface area contributed by atoms with Crippen LogP contribution in [0.15, 0.2) is 30.3 Å². The molecule has 1 aromatic heterocycles. The van der Waals surface area contributed by atoms with Gasteiger partial charge in [0.2, 0.25) is 0 Å². The molecule has 5 heteroatoms. The first-order valence-corrected chi connectivity index (χ1v) is 11.4. The molecule has 2 aromatic rings. The van der Waals surface area contributed by atoms with Crippen molar-refractivity contribution >= 4 is 11.3 Å². The van der Waals surface area contributed by atoms with Gasteiger partial charge in [-0.05, 0) is 62.1 Å². The summed E-state index contributed by atoms with van der Waals surface area (Å²) < 4.78 is 11.3. The van der Waals surface area contributed by atoms with E-state index in [1.807, 2.05) is 11.3 Å². The fraction of sp³-hybridized carbons (Fsp3) is 0.565. The SMILES string of the molecule is Cc1ccc(CN(CCCN2CCOCC2)Cc2ccc3c(c2)CCCO3)s1. The summed E-state index contributed by atoms with van der Waals surface area (Å²) in [5.74, 6) is 1.09. The van der Waals surface area contributed by atoms with Gasteiger partial charge in [0.15, 0.2) is 0 Å². The molecule has 28 heavy (non-hydrogen) atoms. The molecular formula is C23H32N2O2S. The van der Waals surface area contributed by atoms with Gasteiger partial charge in [0.1, 0.15) is 5.75 Å². The van der Waals surface area contributed by atoms with E-state index in [0.717, 1.165) is 71.1 Å². The maximum absolute atomic E-state index is 5.79. The minimum Gasteiger partial charge on any atom is -0.493 e. The number of rotatable bonds is 8. The predicted octanol–water partition coefficient (Wildman–Crippen LogP) is 4.11. The van der Waals surface area contributed by atoms with E-state index in [-0.39, 0.29) is 0 Å². The summed E-state index contributed by atoms with van der Waals surface area (Å²) in [5.41, 5.74) is 2.79. The summed E-state index contributed by atoms with van der Waals surface area (Å²) in [5, 5.41) is 0. The van der Waals surface area contributed by atoms with Crippen LogP contribution in [0.3, 0.4) is 0 Å². The summed E-state index contributed by atoms with van der Waals surface area (Å²) in [4.78, 5) is 8.00. The third kappa shape index (κ3) is 5.57. The molecule has 2 aliphatic heterocycles. The highest BCUT2D eigenvalue weighted by molar-refractivity contribution is 7.11. The van der Waals surface area contributed by atoms with E-state index in [0.29, 0.717) is 0 Å². The number of fused-ring (bicyclic) bond motifs is 1. The molecule has 3 heterocycles. The molecule has 4 rings (SSSR count). The Morgan fingerprint density at radius 2 is 1.96 bits per heavy atom. The van der Waals surface area contributed by atoms with E-state index in [9.17, 15) is 0 Å². The minimum atomic E-state index is 0.859. The first kappa shape index (κ1) is 19.9. The van der Waals surface area contributed by atoms with Gasteiger partial charge >= 0.3 is 0 Å². The monoisotopic (exact) mass is 400 g/mol. The largest absolute Gasteiger partial charge is 0.493 e. The van der Waals surface area contributed by atoms with Crippen molar-refractivity contribution in [3.8, 4) is 5.75 Å². The van der Waals surface area contributed by atoms with Crippen molar-refractivity contribution in [2.45, 2.75) is 39.3 Å². The normalized spacial score (nSPS) is 17.5. The van der Waals surface area contributed by atoms with Gasteiger partial charge in [-0.3, -0.25) is 9.80 Å². The van der Waals surface area contributed by atoms with Crippen molar-refractivity contribution in [1.82, 2.24) is 9.80 Å². The van der Waals surface area contributed by atoms with Crippen LogP contribution in [0.25, 0.3) is 0 Å². The van der Waals surface area contributed by atoms with Crippen LogP contribution in [0.1, 0.15) is 33.7 Å². The fourth-order valence-corrected chi connectivity index (χ4v) is 5.05. The standard InChI is InChI=1S/C23H32N2O2S/c1-19-5-7-22(28-19)18-25(10-3-9-24-11-14-26-15-12-24)17-20-6-8-23-21(16-20)4-2-13-27-23/h5-8,16H,2-4,9-15,17-18H2,1H3. The van der Waals surface area contributed by atoms with Gasteiger partial charge in [0.05, 0.1) is 19.8 Å². The van der Waals surface area contributed by atoms with Gasteiger partial charge in [0.25, 0.3) is 0 Å². The quantitative estimate of drug-likeness (QED) is 0.666. The molecule has 0 aliphatic carbocycles. The van der Waals surface area contributed by atoms with Crippen LogP contribution in [0.2, 0.25) is 0 Å². The zero-order valence-corrected chi connectivity index (χ0v) is 17.8. The number of morpholine rings is 1. The number of nitrogens with zero attached hydrogens (tertiary/aromatic N) is 2. The minimum absolute atomic E-state index is 0.859. The smallest absolute Gasteiger partial charge is 0.122 e. The maximum atomic E-state index is 5.79. The van der Waals surface area contributed by atoms with Crippen LogP contribution >= 0.6 is 11.3 Å². The second-order valence-electron chi connectivity index (χ2n) is 7.92. The van der Waals surface area contributed by atoms with E-state index >= 15 is 0 Å². The Kier molecular flexibility index (Phi) is 7.02. The van der Waals surface area contributed by atoms with Crippen LogP contribution in [-0.4, -0.2) is 55.8 Å². The average molecular weight is 401 g/mol. The zero-order chi connectivity index (χ0) is 19.2. The first-order valence-electron chi connectivity index (χ1n) is 10.6. The first-order chi connectivity index (χ1) is 13.8. The van der Waals surface area contributed by atoms with Crippen molar-refractivity contribution in [2.24, 2.45) is 0 Å². The molecule has 0 amide bonds. The van der Waals surface area contributed by atoms with Crippen LogP contribution < -0.4 is 4.74 Å². The zero-order valence-electron chi connectivity index (χ0n) is 17.0. The lowest BCUT2D eigenvalue weighted by Gasteiger charge is -2.28. The molecule has 0 bridgehead atoms. The topological polar surface area (TPSA) is 24.9 Å². The second kappa shape index (κ2) is 9.88. The third-order valence-electron chi connectivity index (χ3n) is 5.61. The molecule has 2 aliphatic rings. The van der Waals surface area contributed by atoms with Crippen molar-refractivity contribution in [3.05, 3.63) is 51.2 Å². The molecule has 0 unspecified atom stereocenters. The molecule has 4 nitrogen and oxygen atoms in total. The average Bonchev–Trinajstić information content (AvgIpc) is 3.13. The van der Waals surface area contributed by atoms with Crippen LogP contribution in [0.5, 0.6) is 5.75 Å². The molecular weight excluding hydrogens is 368 g/mol. The van der Waals surface area contributed by atoms with Crippen molar-refractivity contribution in [1.29, 1.82) is 0 Å². The van der Waals surface area contributed by atoms with Crippen molar-refractivity contribution in [2.75, 3.05) is 46.0 Å². The Morgan fingerprint density at radius 1 is 1.07 bits per heavy atom. The number of ether oxygens (including phenoxy) is 2. The second-order valence-corrected chi connectivity index (χ2v) is 9.30. The number of hydrogen-bond donors (Lipinski definition) is 0. The Balaban J connectivity index is 1.38. The van der Waals surface area contributed by atoms with Gasteiger partial charge in [-0.15, -0.1) is 11.3 Å². The summed E-state index contributed by atoms with van der Waals surface area (Å²) in [6.45, 7) is 11.3. The molecule has 0 spiro atoms. The highest BCUT2D eigenvalue weighted by Gasteiger charge is 2.15. The third-order valence-corrected chi connectivity index (χ3v) is 6.59. The van der Waals surface area contributed by atoms with E-state index in [2.05, 4.69) is 47.1 Å². The van der Waals surface area contributed by atoms with Gasteiger partial charge in [0, 0.05) is 42.5 Å². The number of benzene rings is 1. The van der Waals surface area contributed by atoms with Gasteiger partial charge in [-0.2, -0.15) is 0 Å². The molecule has 152 valence electrons. The maximum Gasteiger partial charge on any atom is 0.122 e. The van der Waals surface area contributed by atoms with E-state index in [4.69, 9.17) is 9.47 Å². The lowest BCUT2D eigenvalue weighted by atomic mass is 10.0. The summed E-state index contributed by atoms with van der Waals surface area (Å²) in [7, 11) is 0.